The van der Waals surface area contributed by atoms with Gasteiger partial charge in [-0.1, -0.05) is 19.1 Å². The lowest BCUT2D eigenvalue weighted by atomic mass is 9.89. The third-order valence-corrected chi connectivity index (χ3v) is 6.07. The summed E-state index contributed by atoms with van der Waals surface area (Å²) in [4.78, 5) is 31.4. The van der Waals surface area contributed by atoms with Crippen LogP contribution >= 0.6 is 11.3 Å². The number of carboxylic acids is 1. The van der Waals surface area contributed by atoms with Crippen molar-refractivity contribution < 1.29 is 19.4 Å². The Bertz CT molecular complexity index is 833. The van der Waals surface area contributed by atoms with Crippen LogP contribution in [-0.2, 0) is 11.2 Å². The predicted molar refractivity (Wildman–Crippen MR) is 99.0 cm³/mol. The zero-order valence-corrected chi connectivity index (χ0v) is 15.9. The van der Waals surface area contributed by atoms with E-state index >= 15 is 0 Å². The van der Waals surface area contributed by atoms with E-state index in [2.05, 4.69) is 4.98 Å². The zero-order chi connectivity index (χ0) is 18.8. The molecule has 1 aromatic heterocycles. The van der Waals surface area contributed by atoms with E-state index in [0.29, 0.717) is 22.9 Å². The summed E-state index contributed by atoms with van der Waals surface area (Å²) in [5, 5.41) is 10.6. The molecular formula is C19H22N2O4S. The predicted octanol–water partition coefficient (Wildman–Crippen LogP) is 2.96. The van der Waals surface area contributed by atoms with Crippen LogP contribution in [0.2, 0.25) is 0 Å². The molecule has 0 spiro atoms. The van der Waals surface area contributed by atoms with Crippen LogP contribution in [0.1, 0.15) is 38.8 Å². The van der Waals surface area contributed by atoms with Crippen LogP contribution in [0.4, 0.5) is 0 Å². The number of carbonyl (C=O) groups is 2. The fraction of sp³-hybridized carbons (Fsp3) is 0.421. The third kappa shape index (κ3) is 3.44. The van der Waals surface area contributed by atoms with Gasteiger partial charge in [0.25, 0.3) is 5.91 Å². The molecule has 7 heteroatoms. The normalized spacial score (nSPS) is 19.6. The molecule has 3 rings (SSSR count). The van der Waals surface area contributed by atoms with Gasteiger partial charge in [0.2, 0.25) is 0 Å². The van der Waals surface area contributed by atoms with Crippen molar-refractivity contribution >= 4 is 23.2 Å². The monoisotopic (exact) mass is 374 g/mol. The fourth-order valence-corrected chi connectivity index (χ4v) is 4.35. The number of thiazole rings is 1. The van der Waals surface area contributed by atoms with Crippen LogP contribution in [0.15, 0.2) is 24.3 Å². The van der Waals surface area contributed by atoms with Gasteiger partial charge in [-0.15, -0.1) is 11.3 Å². The topological polar surface area (TPSA) is 79.7 Å². The first kappa shape index (κ1) is 18.4. The number of hydrogen-bond donors (Lipinski definition) is 1. The minimum atomic E-state index is -0.886. The Morgan fingerprint density at radius 1 is 1.38 bits per heavy atom. The number of hydrogen-bond acceptors (Lipinski definition) is 5. The molecule has 26 heavy (non-hydrogen) atoms. The van der Waals surface area contributed by atoms with Crippen molar-refractivity contribution in [2.75, 3.05) is 20.2 Å². The molecule has 1 aliphatic rings. The summed E-state index contributed by atoms with van der Waals surface area (Å²) in [5.74, 6) is -1.22. The Balaban J connectivity index is 1.88. The molecule has 0 radical (unpaired) electrons. The van der Waals surface area contributed by atoms with Crippen molar-refractivity contribution in [3.8, 4) is 5.75 Å². The van der Waals surface area contributed by atoms with E-state index < -0.39 is 11.9 Å². The van der Waals surface area contributed by atoms with Gasteiger partial charge in [-0.25, -0.2) is 4.98 Å². The third-order valence-electron chi connectivity index (χ3n) is 4.78. The van der Waals surface area contributed by atoms with Crippen LogP contribution in [0.25, 0.3) is 0 Å². The average molecular weight is 374 g/mol. The van der Waals surface area contributed by atoms with Crippen molar-refractivity contribution in [2.45, 2.75) is 26.2 Å². The first-order chi connectivity index (χ1) is 12.4. The van der Waals surface area contributed by atoms with Gasteiger partial charge in [0.15, 0.2) is 0 Å². The minimum absolute atomic E-state index is 0.128. The highest BCUT2D eigenvalue weighted by atomic mass is 32.1. The average Bonchev–Trinajstić information content (AvgIpc) is 3.25. The van der Waals surface area contributed by atoms with Crippen LogP contribution < -0.4 is 4.74 Å². The highest BCUT2D eigenvalue weighted by Gasteiger charge is 2.41. The largest absolute Gasteiger partial charge is 0.497 e. The second kappa shape index (κ2) is 7.45. The Morgan fingerprint density at radius 3 is 2.77 bits per heavy atom. The van der Waals surface area contributed by atoms with E-state index in [-0.39, 0.29) is 18.4 Å². The number of methoxy groups -OCH3 is 1. The van der Waals surface area contributed by atoms with Gasteiger partial charge in [0.05, 0.1) is 23.7 Å². The first-order valence-corrected chi connectivity index (χ1v) is 9.38. The number of aromatic nitrogens is 1. The molecule has 1 fully saturated rings. The number of aliphatic carboxylic acids is 1. The number of aryl methyl sites for hydroxylation is 2. The maximum Gasteiger partial charge on any atom is 0.308 e. The second-order valence-electron chi connectivity index (χ2n) is 6.41. The molecule has 1 saturated heterocycles. The lowest BCUT2D eigenvalue weighted by Crippen LogP contribution is -2.29. The number of carboxylic acid groups (broad SMARTS) is 1. The molecule has 6 nitrogen and oxygen atoms in total. The lowest BCUT2D eigenvalue weighted by molar-refractivity contribution is -0.141. The van der Waals surface area contributed by atoms with Crippen molar-refractivity contribution in [3.63, 3.8) is 0 Å². The first-order valence-electron chi connectivity index (χ1n) is 8.56. The molecule has 1 aliphatic heterocycles. The number of ether oxygens (including phenoxy) is 1. The van der Waals surface area contributed by atoms with Crippen molar-refractivity contribution in [1.29, 1.82) is 0 Å². The molecule has 1 N–H and O–H groups in total. The number of rotatable bonds is 5. The van der Waals surface area contributed by atoms with E-state index in [1.807, 2.05) is 38.1 Å². The van der Waals surface area contributed by atoms with Gasteiger partial charge in [-0.3, -0.25) is 9.59 Å². The molecule has 2 aromatic rings. The molecule has 138 valence electrons. The molecule has 0 unspecified atom stereocenters. The number of likely N-dealkylation sites (tertiary alicyclic amines) is 1. The van der Waals surface area contributed by atoms with Crippen LogP contribution in [0, 0.1) is 12.8 Å². The summed E-state index contributed by atoms with van der Waals surface area (Å²) in [6.07, 6.45) is 0.781. The van der Waals surface area contributed by atoms with Crippen molar-refractivity contribution in [2.24, 2.45) is 5.92 Å². The van der Waals surface area contributed by atoms with Crippen LogP contribution in [-0.4, -0.2) is 47.1 Å². The molecule has 0 saturated carbocycles. The van der Waals surface area contributed by atoms with E-state index in [0.717, 1.165) is 17.0 Å². The molecule has 2 atom stereocenters. The van der Waals surface area contributed by atoms with Gasteiger partial charge in [-0.2, -0.15) is 0 Å². The number of nitrogens with zero attached hydrogens (tertiary/aromatic N) is 2. The summed E-state index contributed by atoms with van der Waals surface area (Å²) < 4.78 is 5.25. The second-order valence-corrected chi connectivity index (χ2v) is 7.50. The highest BCUT2D eigenvalue weighted by molar-refractivity contribution is 7.13. The standard InChI is InChI=1S/C19H22N2O4S/c1-4-16-20-11(2)17(26-16)18(22)21-9-14(15(10-21)19(23)24)12-6-5-7-13(8-12)25-3/h5-8,14-15H,4,9-10H2,1-3H3,(H,23,24)/t14-,15+/m1/s1. The zero-order valence-electron chi connectivity index (χ0n) is 15.1. The Labute approximate surface area is 156 Å². The maximum atomic E-state index is 12.9. The Morgan fingerprint density at radius 2 is 2.15 bits per heavy atom. The molecule has 1 amide bonds. The number of benzene rings is 1. The van der Waals surface area contributed by atoms with Gasteiger partial charge >= 0.3 is 5.97 Å². The summed E-state index contributed by atoms with van der Waals surface area (Å²) in [6, 6.07) is 7.41. The Kier molecular flexibility index (Phi) is 5.27. The van der Waals surface area contributed by atoms with Gasteiger partial charge in [-0.05, 0) is 31.0 Å². The molecule has 0 bridgehead atoms. The lowest BCUT2D eigenvalue weighted by Gasteiger charge is -2.16. The molecule has 2 heterocycles. The summed E-state index contributed by atoms with van der Waals surface area (Å²) in [7, 11) is 1.58. The van der Waals surface area contributed by atoms with Crippen LogP contribution in [0.3, 0.4) is 0 Å². The number of amides is 1. The van der Waals surface area contributed by atoms with E-state index in [1.165, 1.54) is 11.3 Å². The quantitative estimate of drug-likeness (QED) is 0.870. The molecular weight excluding hydrogens is 352 g/mol. The fourth-order valence-electron chi connectivity index (χ4n) is 3.38. The maximum absolute atomic E-state index is 12.9. The highest BCUT2D eigenvalue weighted by Crippen LogP contribution is 2.35. The number of carbonyl (C=O) groups excluding carboxylic acids is 1. The van der Waals surface area contributed by atoms with Crippen molar-refractivity contribution in [3.05, 3.63) is 45.4 Å². The van der Waals surface area contributed by atoms with E-state index in [4.69, 9.17) is 4.74 Å². The van der Waals surface area contributed by atoms with Crippen molar-refractivity contribution in [1.82, 2.24) is 9.88 Å². The summed E-state index contributed by atoms with van der Waals surface area (Å²) >= 11 is 1.40. The van der Waals surface area contributed by atoms with Crippen LogP contribution in [0.5, 0.6) is 5.75 Å². The van der Waals surface area contributed by atoms with E-state index in [9.17, 15) is 14.7 Å². The van der Waals surface area contributed by atoms with Gasteiger partial charge in [0.1, 0.15) is 10.6 Å². The summed E-state index contributed by atoms with van der Waals surface area (Å²) in [6.45, 7) is 4.41. The molecule has 0 aliphatic carbocycles. The molecule has 1 aromatic carbocycles. The SMILES string of the molecule is CCc1nc(C)c(C(=O)N2C[C@H](C(=O)O)[C@@H](c3cccc(OC)c3)C2)s1. The van der Waals surface area contributed by atoms with E-state index in [1.54, 1.807) is 12.0 Å². The summed E-state index contributed by atoms with van der Waals surface area (Å²) in [5.41, 5.74) is 1.59. The Hall–Kier alpha value is -2.41. The van der Waals surface area contributed by atoms with Gasteiger partial charge in [0, 0.05) is 19.0 Å². The smallest absolute Gasteiger partial charge is 0.308 e. The minimum Gasteiger partial charge on any atom is -0.497 e. The van der Waals surface area contributed by atoms with Gasteiger partial charge < -0.3 is 14.7 Å².